The zero-order chi connectivity index (χ0) is 22.9. The molecule has 0 spiro atoms. The van der Waals surface area contributed by atoms with Gasteiger partial charge >= 0.3 is 0 Å². The summed E-state index contributed by atoms with van der Waals surface area (Å²) in [5.74, 6) is 0.459. The van der Waals surface area contributed by atoms with Crippen molar-refractivity contribution in [3.8, 4) is 5.75 Å². The molecular weight excluding hydrogens is 457 g/mol. The highest BCUT2D eigenvalue weighted by molar-refractivity contribution is 7.90. The molecule has 31 heavy (non-hydrogen) atoms. The van der Waals surface area contributed by atoms with Crippen molar-refractivity contribution in [3.63, 3.8) is 0 Å². The molecule has 0 bridgehead atoms. The summed E-state index contributed by atoms with van der Waals surface area (Å²) < 4.78 is 15.7. The summed E-state index contributed by atoms with van der Waals surface area (Å²) in [6.45, 7) is 8.82. The number of nitrogens with zero attached hydrogens (tertiary/aromatic N) is 2. The van der Waals surface area contributed by atoms with Crippen LogP contribution < -0.4 is 4.72 Å². The molecule has 2 fully saturated rings. The van der Waals surface area contributed by atoms with Crippen LogP contribution in [0.2, 0.25) is 10.0 Å². The summed E-state index contributed by atoms with van der Waals surface area (Å²) >= 11 is 11.0. The van der Waals surface area contributed by atoms with Gasteiger partial charge in [-0.3, -0.25) is 4.79 Å². The van der Waals surface area contributed by atoms with E-state index < -0.39 is 16.1 Å². The fraction of sp³-hybridized carbons (Fsp3) is 0.682. The maximum absolute atomic E-state index is 12.9. The summed E-state index contributed by atoms with van der Waals surface area (Å²) in [7, 11) is 2.05. The number of nitrogens with one attached hydrogen (secondary N) is 1. The predicted molar refractivity (Wildman–Crippen MR) is 127 cm³/mol. The van der Waals surface area contributed by atoms with Crippen LogP contribution in [0.5, 0.6) is 5.75 Å². The first-order valence-corrected chi connectivity index (χ1v) is 12.7. The van der Waals surface area contributed by atoms with Gasteiger partial charge in [-0.1, -0.05) is 23.2 Å². The number of likely N-dealkylation sites (tertiary alicyclic amines) is 2. The van der Waals surface area contributed by atoms with Crippen LogP contribution in [0.3, 0.4) is 0 Å². The Morgan fingerprint density at radius 2 is 1.81 bits per heavy atom. The molecule has 2 N–H and O–H groups in total. The lowest BCUT2D eigenvalue weighted by Gasteiger charge is -2.38. The number of hydrogen-bond acceptors (Lipinski definition) is 5. The maximum atomic E-state index is 12.9. The molecule has 0 radical (unpaired) electrons. The summed E-state index contributed by atoms with van der Waals surface area (Å²) in [5.41, 5.74) is 0.592. The van der Waals surface area contributed by atoms with Gasteiger partial charge in [-0.15, -0.1) is 4.72 Å². The molecule has 9 heteroatoms. The third-order valence-corrected chi connectivity index (χ3v) is 8.56. The molecule has 0 aromatic heterocycles. The molecule has 2 unspecified atom stereocenters. The molecule has 0 aliphatic carbocycles. The molecule has 2 aliphatic rings. The van der Waals surface area contributed by atoms with Gasteiger partial charge in [0.1, 0.15) is 10.5 Å². The van der Waals surface area contributed by atoms with Crippen molar-refractivity contribution >= 4 is 40.5 Å². The van der Waals surface area contributed by atoms with E-state index in [1.54, 1.807) is 6.07 Å². The zero-order valence-electron chi connectivity index (χ0n) is 18.7. The molecule has 6 nitrogen and oxygen atoms in total. The number of carbonyl (C=O) groups excluding carboxylic acids is 1. The largest absolute Gasteiger partial charge is 0.598 e. The minimum absolute atomic E-state index is 0.0327. The number of carbonyl (C=O) groups is 1. The number of amides is 1. The molecule has 1 aromatic rings. The van der Waals surface area contributed by atoms with Crippen molar-refractivity contribution in [1.29, 1.82) is 0 Å². The van der Waals surface area contributed by atoms with E-state index in [9.17, 15) is 14.5 Å². The van der Waals surface area contributed by atoms with Crippen LogP contribution in [0.4, 0.5) is 0 Å². The summed E-state index contributed by atoms with van der Waals surface area (Å²) in [4.78, 5) is 17.1. The lowest BCUT2D eigenvalue weighted by molar-refractivity contribution is -0.136. The number of benzene rings is 1. The molecule has 2 saturated heterocycles. The average molecular weight is 490 g/mol. The van der Waals surface area contributed by atoms with E-state index in [1.807, 2.05) is 25.7 Å². The summed E-state index contributed by atoms with van der Waals surface area (Å²) in [6, 6.07) is 2.73. The van der Waals surface area contributed by atoms with Gasteiger partial charge in [-0.2, -0.15) is 0 Å². The number of aromatic hydroxyl groups is 1. The van der Waals surface area contributed by atoms with Crippen LogP contribution >= 0.6 is 23.2 Å². The first-order valence-electron chi connectivity index (χ1n) is 10.8. The smallest absolute Gasteiger partial charge is 0.227 e. The Morgan fingerprint density at radius 1 is 1.19 bits per heavy atom. The quantitative estimate of drug-likeness (QED) is 0.611. The van der Waals surface area contributed by atoms with E-state index >= 15 is 0 Å². The van der Waals surface area contributed by atoms with Crippen molar-refractivity contribution in [2.75, 3.05) is 33.2 Å². The average Bonchev–Trinajstić information content (AvgIpc) is 3.14. The van der Waals surface area contributed by atoms with Crippen molar-refractivity contribution < 1.29 is 14.5 Å². The lowest BCUT2D eigenvalue weighted by Crippen LogP contribution is -2.47. The highest BCUT2D eigenvalue weighted by Gasteiger charge is 2.38. The first-order chi connectivity index (χ1) is 14.5. The Hall–Kier alpha value is -0.700. The third kappa shape index (κ3) is 6.01. The number of phenols is 1. The molecular formula is C22H33Cl2N3O3S. The van der Waals surface area contributed by atoms with Crippen molar-refractivity contribution in [3.05, 3.63) is 27.7 Å². The normalized spacial score (nSPS) is 23.2. The third-order valence-electron chi connectivity index (χ3n) is 6.26. The van der Waals surface area contributed by atoms with Gasteiger partial charge < -0.3 is 19.5 Å². The van der Waals surface area contributed by atoms with Crippen LogP contribution in [0.1, 0.15) is 51.6 Å². The van der Waals surface area contributed by atoms with Gasteiger partial charge in [0.05, 0.1) is 22.0 Å². The lowest BCUT2D eigenvalue weighted by atomic mass is 9.85. The summed E-state index contributed by atoms with van der Waals surface area (Å²) in [5, 5.41) is 11.2. The molecule has 2 aliphatic heterocycles. The highest BCUT2D eigenvalue weighted by Crippen LogP contribution is 2.40. The van der Waals surface area contributed by atoms with Gasteiger partial charge in [-0.25, -0.2) is 0 Å². The van der Waals surface area contributed by atoms with E-state index in [4.69, 9.17) is 23.2 Å². The Morgan fingerprint density at radius 3 is 2.35 bits per heavy atom. The second-order valence-electron chi connectivity index (χ2n) is 9.71. The van der Waals surface area contributed by atoms with Crippen molar-refractivity contribution in [2.45, 2.75) is 50.8 Å². The SMILES string of the molecule is CN1CC[C@@H](C(=O)N2CCC(C(N[S+]([O-])C(C)(C)C)c3cc(Cl)c(Cl)cc3O)CC2)C1. The van der Waals surface area contributed by atoms with Gasteiger partial charge in [0.25, 0.3) is 0 Å². The zero-order valence-corrected chi connectivity index (χ0v) is 21.0. The highest BCUT2D eigenvalue weighted by atomic mass is 35.5. The van der Waals surface area contributed by atoms with Gasteiger partial charge in [0, 0.05) is 42.6 Å². The second kappa shape index (κ2) is 10.1. The van der Waals surface area contributed by atoms with E-state index in [0.29, 0.717) is 23.7 Å². The Balaban J connectivity index is 1.76. The van der Waals surface area contributed by atoms with Crippen LogP contribution in [-0.2, 0) is 16.2 Å². The van der Waals surface area contributed by atoms with Crippen LogP contribution in [0, 0.1) is 11.8 Å². The van der Waals surface area contributed by atoms with Crippen LogP contribution in [-0.4, -0.2) is 63.3 Å². The monoisotopic (exact) mass is 489 g/mol. The van der Waals surface area contributed by atoms with E-state index in [1.165, 1.54) is 6.07 Å². The molecule has 3 rings (SSSR count). The van der Waals surface area contributed by atoms with Gasteiger partial charge in [0.2, 0.25) is 5.91 Å². The standard InChI is InChI=1S/C22H33Cl2N3O3S/c1-22(2,3)31(30)25-20(16-11-17(23)18(24)12-19(16)28)14-6-9-27(10-7-14)21(29)15-5-8-26(4)13-15/h11-12,14-15,20,25,28H,5-10,13H2,1-4H3/t15-,20?,31?/m1/s1. The van der Waals surface area contributed by atoms with Crippen LogP contribution in [0.25, 0.3) is 0 Å². The molecule has 174 valence electrons. The fourth-order valence-corrected chi connectivity index (χ4v) is 5.59. The second-order valence-corrected chi connectivity index (χ2v) is 12.5. The first kappa shape index (κ1) is 24.9. The van der Waals surface area contributed by atoms with E-state index in [-0.39, 0.29) is 34.6 Å². The molecule has 3 atom stereocenters. The van der Waals surface area contributed by atoms with E-state index in [2.05, 4.69) is 16.7 Å². The minimum Gasteiger partial charge on any atom is -0.598 e. The topological polar surface area (TPSA) is 78.9 Å². The summed E-state index contributed by atoms with van der Waals surface area (Å²) in [6.07, 6.45) is 2.43. The Kier molecular flexibility index (Phi) is 8.09. The number of piperidine rings is 1. The van der Waals surface area contributed by atoms with Crippen LogP contribution in [0.15, 0.2) is 12.1 Å². The predicted octanol–water partition coefficient (Wildman–Crippen LogP) is 3.98. The fourth-order valence-electron chi connectivity index (χ4n) is 4.35. The molecule has 1 aromatic carbocycles. The maximum Gasteiger partial charge on any atom is 0.227 e. The van der Waals surface area contributed by atoms with Crippen molar-refractivity contribution in [1.82, 2.24) is 14.5 Å². The minimum atomic E-state index is -1.34. The number of hydrogen-bond donors (Lipinski definition) is 2. The van der Waals surface area contributed by atoms with E-state index in [0.717, 1.165) is 32.4 Å². The number of rotatable bonds is 5. The number of phenolic OH excluding ortho intramolecular Hbond substituents is 1. The molecule has 1 amide bonds. The Bertz CT molecular complexity index is 797. The number of halogens is 2. The van der Waals surface area contributed by atoms with Gasteiger partial charge in [-0.05, 0) is 65.6 Å². The molecule has 2 heterocycles. The molecule has 0 saturated carbocycles. The van der Waals surface area contributed by atoms with Gasteiger partial charge in [0.15, 0.2) is 0 Å². The Labute approximate surface area is 198 Å². The van der Waals surface area contributed by atoms with Crippen molar-refractivity contribution in [2.24, 2.45) is 11.8 Å².